The average Bonchev–Trinajstić information content (AvgIpc) is 3.19. The van der Waals surface area contributed by atoms with Gasteiger partial charge in [0.1, 0.15) is 17.6 Å². The summed E-state index contributed by atoms with van der Waals surface area (Å²) in [6.07, 6.45) is 4.34. The van der Waals surface area contributed by atoms with E-state index in [9.17, 15) is 0 Å². The fourth-order valence-electron chi connectivity index (χ4n) is 3.48. The molecule has 0 unspecified atom stereocenters. The van der Waals surface area contributed by atoms with Crippen molar-refractivity contribution < 1.29 is 9.26 Å². The molecule has 3 aromatic rings. The van der Waals surface area contributed by atoms with Gasteiger partial charge in [-0.3, -0.25) is 4.90 Å². The zero-order chi connectivity index (χ0) is 16.5. The lowest BCUT2D eigenvalue weighted by Crippen LogP contribution is -2.38. The van der Waals surface area contributed by atoms with Gasteiger partial charge in [0, 0.05) is 42.3 Å². The molecule has 0 bridgehead atoms. The van der Waals surface area contributed by atoms with E-state index in [1.807, 2.05) is 26.1 Å². The van der Waals surface area contributed by atoms with E-state index in [1.54, 1.807) is 0 Å². The lowest BCUT2D eigenvalue weighted by molar-refractivity contribution is 0.0976. The molecule has 0 radical (unpaired) electrons. The van der Waals surface area contributed by atoms with Crippen LogP contribution in [0.2, 0.25) is 0 Å². The van der Waals surface area contributed by atoms with E-state index in [-0.39, 0.29) is 6.10 Å². The Bertz CT molecular complexity index is 809. The van der Waals surface area contributed by atoms with Gasteiger partial charge >= 0.3 is 0 Å². The van der Waals surface area contributed by atoms with Crippen LogP contribution >= 0.6 is 0 Å². The molecule has 4 rings (SSSR count). The molecule has 1 saturated heterocycles. The van der Waals surface area contributed by atoms with Crippen LogP contribution in [0.1, 0.15) is 29.9 Å². The molecule has 0 amide bonds. The maximum absolute atomic E-state index is 6.28. The van der Waals surface area contributed by atoms with Gasteiger partial charge in [0.2, 0.25) is 0 Å². The van der Waals surface area contributed by atoms with E-state index < -0.39 is 0 Å². The number of nitrogens with zero attached hydrogens (tertiary/aromatic N) is 2. The Labute approximate surface area is 141 Å². The molecule has 5 heteroatoms. The number of likely N-dealkylation sites (tertiary alicyclic amines) is 1. The molecule has 1 fully saturated rings. The van der Waals surface area contributed by atoms with Crippen LogP contribution in [0.4, 0.5) is 0 Å². The first-order valence-corrected chi connectivity index (χ1v) is 8.57. The summed E-state index contributed by atoms with van der Waals surface area (Å²) in [7, 11) is 0. The monoisotopic (exact) mass is 325 g/mol. The maximum Gasteiger partial charge on any atom is 0.138 e. The van der Waals surface area contributed by atoms with Gasteiger partial charge in [-0.1, -0.05) is 11.2 Å². The molecular weight excluding hydrogens is 302 g/mol. The summed E-state index contributed by atoms with van der Waals surface area (Å²) < 4.78 is 11.5. The lowest BCUT2D eigenvalue weighted by atomic mass is 10.1. The number of H-pyrrole nitrogens is 1. The highest BCUT2D eigenvalue weighted by Crippen LogP contribution is 2.28. The first-order valence-electron chi connectivity index (χ1n) is 8.57. The predicted octanol–water partition coefficient (Wildman–Crippen LogP) is 3.82. The van der Waals surface area contributed by atoms with E-state index in [0.29, 0.717) is 0 Å². The Morgan fingerprint density at radius 2 is 2.08 bits per heavy atom. The number of aromatic nitrogens is 2. The van der Waals surface area contributed by atoms with Gasteiger partial charge in [-0.15, -0.1) is 0 Å². The van der Waals surface area contributed by atoms with Crippen molar-refractivity contribution in [2.45, 2.75) is 39.3 Å². The molecule has 24 heavy (non-hydrogen) atoms. The van der Waals surface area contributed by atoms with Crippen molar-refractivity contribution in [1.29, 1.82) is 0 Å². The highest BCUT2D eigenvalue weighted by molar-refractivity contribution is 5.85. The Morgan fingerprint density at radius 1 is 1.25 bits per heavy atom. The van der Waals surface area contributed by atoms with Crippen LogP contribution in [0.25, 0.3) is 10.9 Å². The van der Waals surface area contributed by atoms with Crippen LogP contribution in [-0.4, -0.2) is 34.2 Å². The molecule has 2 aromatic heterocycles. The molecule has 0 aliphatic carbocycles. The summed E-state index contributed by atoms with van der Waals surface area (Å²) in [4.78, 5) is 5.70. The molecular formula is C19H23N3O2. The zero-order valence-electron chi connectivity index (χ0n) is 14.2. The number of hydrogen-bond donors (Lipinski definition) is 1. The topological polar surface area (TPSA) is 54.3 Å². The molecule has 1 N–H and O–H groups in total. The van der Waals surface area contributed by atoms with E-state index in [4.69, 9.17) is 9.26 Å². The van der Waals surface area contributed by atoms with Gasteiger partial charge in [0.05, 0.1) is 5.69 Å². The second-order valence-electron chi connectivity index (χ2n) is 6.59. The SMILES string of the molecule is Cc1noc(C)c1CN1CCC(Oc2cccc3[nH]ccc23)CC1. The number of aryl methyl sites for hydroxylation is 2. The molecule has 5 nitrogen and oxygen atoms in total. The number of nitrogens with one attached hydrogen (secondary N) is 1. The quantitative estimate of drug-likeness (QED) is 0.792. The molecule has 0 spiro atoms. The minimum atomic E-state index is 0.284. The Morgan fingerprint density at radius 3 is 2.83 bits per heavy atom. The lowest BCUT2D eigenvalue weighted by Gasteiger charge is -2.32. The summed E-state index contributed by atoms with van der Waals surface area (Å²) in [6.45, 7) is 7.00. The van der Waals surface area contributed by atoms with Crippen molar-refractivity contribution in [3.05, 3.63) is 47.5 Å². The van der Waals surface area contributed by atoms with E-state index >= 15 is 0 Å². The molecule has 1 aliphatic rings. The highest BCUT2D eigenvalue weighted by atomic mass is 16.5. The Kier molecular flexibility index (Phi) is 4.02. The van der Waals surface area contributed by atoms with Gasteiger partial charge in [-0.05, 0) is 44.9 Å². The standard InChI is InChI=1S/C19H23N3O2/c1-13-17(14(2)24-21-13)12-22-10-7-15(8-11-22)23-19-5-3-4-18-16(19)6-9-20-18/h3-6,9,15,20H,7-8,10-12H2,1-2H3. The first kappa shape index (κ1) is 15.3. The van der Waals surface area contributed by atoms with Crippen LogP contribution in [-0.2, 0) is 6.54 Å². The minimum absolute atomic E-state index is 0.284. The fraction of sp³-hybridized carbons (Fsp3) is 0.421. The smallest absolute Gasteiger partial charge is 0.138 e. The second-order valence-corrected chi connectivity index (χ2v) is 6.59. The molecule has 3 heterocycles. The van der Waals surface area contributed by atoms with Crippen LogP contribution in [0, 0.1) is 13.8 Å². The molecule has 0 saturated carbocycles. The third kappa shape index (κ3) is 2.91. The van der Waals surface area contributed by atoms with Crippen molar-refractivity contribution in [3.8, 4) is 5.75 Å². The van der Waals surface area contributed by atoms with E-state index in [0.717, 1.165) is 60.6 Å². The summed E-state index contributed by atoms with van der Waals surface area (Å²) in [5.74, 6) is 1.92. The molecule has 1 aliphatic heterocycles. The third-order valence-electron chi connectivity index (χ3n) is 4.95. The van der Waals surface area contributed by atoms with Gasteiger partial charge in [0.25, 0.3) is 0 Å². The van der Waals surface area contributed by atoms with Crippen LogP contribution < -0.4 is 4.74 Å². The number of piperidine rings is 1. The normalized spacial score (nSPS) is 16.8. The summed E-state index contributed by atoms with van der Waals surface area (Å²) in [5, 5.41) is 5.21. The first-order chi connectivity index (χ1) is 11.7. The van der Waals surface area contributed by atoms with Gasteiger partial charge in [-0.2, -0.15) is 0 Å². The number of hydrogen-bond acceptors (Lipinski definition) is 4. The minimum Gasteiger partial charge on any atom is -0.490 e. The van der Waals surface area contributed by atoms with Crippen LogP contribution in [0.3, 0.4) is 0 Å². The van der Waals surface area contributed by atoms with E-state index in [2.05, 4.69) is 33.2 Å². The largest absolute Gasteiger partial charge is 0.490 e. The average molecular weight is 325 g/mol. The number of ether oxygens (including phenoxy) is 1. The van der Waals surface area contributed by atoms with Crippen molar-refractivity contribution in [1.82, 2.24) is 15.0 Å². The second kappa shape index (κ2) is 6.32. The highest BCUT2D eigenvalue weighted by Gasteiger charge is 2.23. The van der Waals surface area contributed by atoms with Crippen LogP contribution in [0.15, 0.2) is 35.0 Å². The number of rotatable bonds is 4. The summed E-state index contributed by atoms with van der Waals surface area (Å²) in [5.41, 5.74) is 3.36. The van der Waals surface area contributed by atoms with Crippen molar-refractivity contribution in [3.63, 3.8) is 0 Å². The Balaban J connectivity index is 1.37. The van der Waals surface area contributed by atoms with E-state index in [1.165, 1.54) is 5.56 Å². The van der Waals surface area contributed by atoms with Crippen molar-refractivity contribution in [2.24, 2.45) is 0 Å². The third-order valence-corrected chi connectivity index (χ3v) is 4.95. The molecule has 0 atom stereocenters. The number of fused-ring (bicyclic) bond motifs is 1. The maximum atomic E-state index is 6.28. The van der Waals surface area contributed by atoms with Crippen LogP contribution in [0.5, 0.6) is 5.75 Å². The zero-order valence-corrected chi connectivity index (χ0v) is 14.2. The Hall–Kier alpha value is -2.27. The predicted molar refractivity (Wildman–Crippen MR) is 93.2 cm³/mol. The molecule has 1 aromatic carbocycles. The number of benzene rings is 1. The number of aromatic amines is 1. The summed E-state index contributed by atoms with van der Waals surface area (Å²) >= 11 is 0. The summed E-state index contributed by atoms with van der Waals surface area (Å²) in [6, 6.07) is 8.26. The molecule has 126 valence electrons. The van der Waals surface area contributed by atoms with Gasteiger partial charge in [0.15, 0.2) is 0 Å². The van der Waals surface area contributed by atoms with Gasteiger partial charge in [-0.25, -0.2) is 0 Å². The van der Waals surface area contributed by atoms with Crippen molar-refractivity contribution in [2.75, 3.05) is 13.1 Å². The fourth-order valence-corrected chi connectivity index (χ4v) is 3.48. The van der Waals surface area contributed by atoms with Gasteiger partial charge < -0.3 is 14.2 Å². The van der Waals surface area contributed by atoms with Crippen molar-refractivity contribution >= 4 is 10.9 Å².